The molecule has 0 spiro atoms. The molecule has 0 bridgehead atoms. The smallest absolute Gasteiger partial charge is 0.422 e. The fourth-order valence-electron chi connectivity index (χ4n) is 2.56. The van der Waals surface area contributed by atoms with Crippen LogP contribution in [0.15, 0.2) is 18.2 Å². The van der Waals surface area contributed by atoms with Gasteiger partial charge < -0.3 is 19.8 Å². The van der Waals surface area contributed by atoms with E-state index < -0.39 is 24.7 Å². The average Bonchev–Trinajstić information content (AvgIpc) is 2.93. The summed E-state index contributed by atoms with van der Waals surface area (Å²) in [6.45, 7) is 1.64. The SMILES string of the molecule is COC(=O)c1c(C)[nH]c(C(=O)Nc2ccc(OCC(F)(F)F)c(C#N)c2)c1C. The van der Waals surface area contributed by atoms with Gasteiger partial charge in [-0.3, -0.25) is 4.79 Å². The number of aromatic amines is 1. The number of nitrogens with zero attached hydrogens (tertiary/aromatic N) is 1. The number of carbonyl (C=O) groups excluding carboxylic acids is 2. The summed E-state index contributed by atoms with van der Waals surface area (Å²) in [5, 5.41) is 11.6. The van der Waals surface area contributed by atoms with Gasteiger partial charge in [0.15, 0.2) is 6.61 Å². The number of anilines is 1. The fourth-order valence-corrected chi connectivity index (χ4v) is 2.56. The zero-order chi connectivity index (χ0) is 21.1. The number of hydrogen-bond donors (Lipinski definition) is 2. The molecule has 28 heavy (non-hydrogen) atoms. The molecule has 0 saturated carbocycles. The maximum absolute atomic E-state index is 12.5. The summed E-state index contributed by atoms with van der Waals surface area (Å²) in [4.78, 5) is 27.1. The summed E-state index contributed by atoms with van der Waals surface area (Å²) in [6, 6.07) is 5.37. The van der Waals surface area contributed by atoms with Crippen molar-refractivity contribution in [2.75, 3.05) is 19.0 Å². The monoisotopic (exact) mass is 395 g/mol. The first kappa shape index (κ1) is 20.8. The van der Waals surface area contributed by atoms with Crippen LogP contribution in [0.25, 0.3) is 0 Å². The number of ether oxygens (including phenoxy) is 2. The van der Waals surface area contributed by atoms with Crippen LogP contribution in [0, 0.1) is 25.2 Å². The van der Waals surface area contributed by atoms with Crippen molar-refractivity contribution in [3.05, 3.63) is 46.3 Å². The summed E-state index contributed by atoms with van der Waals surface area (Å²) in [5.74, 6) is -1.44. The van der Waals surface area contributed by atoms with Gasteiger partial charge in [0.05, 0.1) is 18.2 Å². The lowest BCUT2D eigenvalue weighted by Crippen LogP contribution is -2.19. The van der Waals surface area contributed by atoms with Gasteiger partial charge in [-0.15, -0.1) is 0 Å². The molecule has 0 unspecified atom stereocenters. The van der Waals surface area contributed by atoms with E-state index >= 15 is 0 Å². The van der Waals surface area contributed by atoms with Gasteiger partial charge in [0.25, 0.3) is 5.91 Å². The van der Waals surface area contributed by atoms with E-state index in [0.717, 1.165) is 6.07 Å². The van der Waals surface area contributed by atoms with Gasteiger partial charge in [-0.1, -0.05) is 0 Å². The molecule has 0 fully saturated rings. The van der Waals surface area contributed by atoms with Crippen LogP contribution in [-0.4, -0.2) is 36.8 Å². The molecule has 0 atom stereocenters. The van der Waals surface area contributed by atoms with Crippen molar-refractivity contribution in [2.24, 2.45) is 0 Å². The predicted octanol–water partition coefficient (Wildman–Crippen LogP) is 3.48. The number of rotatable bonds is 5. The molecule has 1 heterocycles. The number of alkyl halides is 3. The zero-order valence-corrected chi connectivity index (χ0v) is 15.2. The molecule has 2 rings (SSSR count). The van der Waals surface area contributed by atoms with Gasteiger partial charge >= 0.3 is 12.1 Å². The Bertz CT molecular complexity index is 958. The van der Waals surface area contributed by atoms with Gasteiger partial charge in [0.1, 0.15) is 17.5 Å². The van der Waals surface area contributed by atoms with Crippen LogP contribution in [0.4, 0.5) is 18.9 Å². The molecule has 10 heteroatoms. The molecular formula is C18H16F3N3O4. The summed E-state index contributed by atoms with van der Waals surface area (Å²) in [6.07, 6.45) is -4.54. The highest BCUT2D eigenvalue weighted by molar-refractivity contribution is 6.06. The van der Waals surface area contributed by atoms with Crippen molar-refractivity contribution < 1.29 is 32.2 Å². The Balaban J connectivity index is 2.23. The highest BCUT2D eigenvalue weighted by Gasteiger charge is 2.29. The topological polar surface area (TPSA) is 104 Å². The van der Waals surface area contributed by atoms with Crippen molar-refractivity contribution in [1.29, 1.82) is 5.26 Å². The third kappa shape index (κ3) is 4.62. The number of hydrogen-bond acceptors (Lipinski definition) is 5. The molecular weight excluding hydrogens is 379 g/mol. The van der Waals surface area contributed by atoms with Crippen LogP contribution in [0.3, 0.4) is 0 Å². The third-order valence-corrected chi connectivity index (χ3v) is 3.80. The first-order chi connectivity index (χ1) is 13.1. The number of amides is 1. The number of esters is 1. The Hall–Kier alpha value is -3.48. The Labute approximate surface area is 158 Å². The molecule has 1 aromatic carbocycles. The summed E-state index contributed by atoms with van der Waals surface area (Å²) < 4.78 is 46.1. The zero-order valence-electron chi connectivity index (χ0n) is 15.2. The van der Waals surface area contributed by atoms with E-state index in [-0.39, 0.29) is 28.3 Å². The second kappa shape index (κ2) is 8.04. The number of H-pyrrole nitrogens is 1. The van der Waals surface area contributed by atoms with Crippen LogP contribution in [0.5, 0.6) is 5.75 Å². The van der Waals surface area contributed by atoms with Crippen LogP contribution in [0.1, 0.15) is 37.7 Å². The van der Waals surface area contributed by atoms with E-state index in [1.807, 2.05) is 0 Å². The minimum Gasteiger partial charge on any atom is -0.483 e. The van der Waals surface area contributed by atoms with Gasteiger partial charge in [-0.05, 0) is 37.6 Å². The Kier molecular flexibility index (Phi) is 5.98. The van der Waals surface area contributed by atoms with Crippen molar-refractivity contribution in [1.82, 2.24) is 4.98 Å². The van der Waals surface area contributed by atoms with Crippen LogP contribution < -0.4 is 10.1 Å². The Morgan fingerprint density at radius 3 is 2.54 bits per heavy atom. The van der Waals surface area contributed by atoms with E-state index in [1.165, 1.54) is 19.2 Å². The molecule has 2 N–H and O–H groups in total. The Morgan fingerprint density at radius 1 is 1.29 bits per heavy atom. The maximum atomic E-state index is 12.5. The van der Waals surface area contributed by atoms with E-state index in [0.29, 0.717) is 11.3 Å². The molecule has 0 aliphatic rings. The minimum absolute atomic E-state index is 0.119. The highest BCUT2D eigenvalue weighted by Crippen LogP contribution is 2.26. The van der Waals surface area contributed by atoms with Gasteiger partial charge in [0, 0.05) is 11.4 Å². The second-order valence-corrected chi connectivity index (χ2v) is 5.80. The van der Waals surface area contributed by atoms with Gasteiger partial charge in [0.2, 0.25) is 0 Å². The molecule has 148 valence electrons. The van der Waals surface area contributed by atoms with E-state index in [2.05, 4.69) is 19.8 Å². The number of methoxy groups -OCH3 is 1. The average molecular weight is 395 g/mol. The molecule has 0 aliphatic carbocycles. The Morgan fingerprint density at radius 2 is 1.96 bits per heavy atom. The van der Waals surface area contributed by atoms with E-state index in [4.69, 9.17) is 5.26 Å². The molecule has 1 amide bonds. The number of carbonyl (C=O) groups is 2. The summed E-state index contributed by atoms with van der Waals surface area (Å²) in [7, 11) is 1.22. The van der Waals surface area contributed by atoms with Crippen molar-refractivity contribution >= 4 is 17.6 Å². The lowest BCUT2D eigenvalue weighted by molar-refractivity contribution is -0.153. The third-order valence-electron chi connectivity index (χ3n) is 3.80. The number of aromatic nitrogens is 1. The highest BCUT2D eigenvalue weighted by atomic mass is 19.4. The number of benzene rings is 1. The molecule has 7 nitrogen and oxygen atoms in total. The number of nitrogens with one attached hydrogen (secondary N) is 2. The lowest BCUT2D eigenvalue weighted by atomic mass is 10.1. The molecule has 1 aromatic heterocycles. The normalized spacial score (nSPS) is 10.9. The van der Waals surface area contributed by atoms with Gasteiger partial charge in [-0.25, -0.2) is 4.79 Å². The molecule has 0 saturated heterocycles. The minimum atomic E-state index is -4.54. The van der Waals surface area contributed by atoms with E-state index in [1.54, 1.807) is 19.9 Å². The van der Waals surface area contributed by atoms with E-state index in [9.17, 15) is 22.8 Å². The van der Waals surface area contributed by atoms with Gasteiger partial charge in [-0.2, -0.15) is 18.4 Å². The van der Waals surface area contributed by atoms with Crippen molar-refractivity contribution in [3.8, 4) is 11.8 Å². The van der Waals surface area contributed by atoms with Crippen molar-refractivity contribution in [2.45, 2.75) is 20.0 Å². The first-order valence-corrected chi connectivity index (χ1v) is 7.90. The summed E-state index contributed by atoms with van der Waals surface area (Å²) in [5.41, 5.74) is 1.19. The van der Waals surface area contributed by atoms with Crippen LogP contribution in [-0.2, 0) is 4.74 Å². The number of nitriles is 1. The maximum Gasteiger partial charge on any atom is 0.422 e. The molecule has 0 radical (unpaired) electrons. The van der Waals surface area contributed by atoms with Crippen molar-refractivity contribution in [3.63, 3.8) is 0 Å². The van der Waals surface area contributed by atoms with Crippen LogP contribution >= 0.6 is 0 Å². The molecule has 2 aromatic rings. The number of halogens is 3. The summed E-state index contributed by atoms with van der Waals surface area (Å²) >= 11 is 0. The second-order valence-electron chi connectivity index (χ2n) is 5.80. The quantitative estimate of drug-likeness (QED) is 0.755. The largest absolute Gasteiger partial charge is 0.483 e. The predicted molar refractivity (Wildman–Crippen MR) is 92.3 cm³/mol. The molecule has 0 aliphatic heterocycles. The first-order valence-electron chi connectivity index (χ1n) is 7.90. The standard InChI is InChI=1S/C18H16F3N3O4/c1-9-14(17(26)27-3)10(2)23-15(9)16(25)24-12-4-5-13(11(6-12)7-22)28-8-18(19,20)21/h4-6,23H,8H2,1-3H3,(H,24,25). The number of aryl methyl sites for hydroxylation is 1. The fraction of sp³-hybridized carbons (Fsp3) is 0.278. The van der Waals surface area contributed by atoms with Crippen LogP contribution in [0.2, 0.25) is 0 Å². The lowest BCUT2D eigenvalue weighted by Gasteiger charge is -2.12.